The lowest BCUT2D eigenvalue weighted by Crippen LogP contribution is -2.33. The molecule has 0 aliphatic rings. The van der Waals surface area contributed by atoms with Gasteiger partial charge in [0.2, 0.25) is 0 Å². The third kappa shape index (κ3) is 10.5. The highest BCUT2D eigenvalue weighted by Crippen LogP contribution is 2.06. The predicted molar refractivity (Wildman–Crippen MR) is 64.7 cm³/mol. The summed E-state index contributed by atoms with van der Waals surface area (Å²) in [5.74, 6) is 0. The van der Waals surface area contributed by atoms with Crippen molar-refractivity contribution in [2.75, 3.05) is 40.5 Å². The molecule has 4 heteroatoms. The summed E-state index contributed by atoms with van der Waals surface area (Å²) in [6, 6.07) is 0. The lowest BCUT2D eigenvalue weighted by atomic mass is 10.2. The minimum absolute atomic E-state index is 0.0506. The Labute approximate surface area is 98.7 Å². The van der Waals surface area contributed by atoms with E-state index in [1.54, 1.807) is 7.11 Å². The lowest BCUT2D eigenvalue weighted by molar-refractivity contribution is -0.0110. The van der Waals surface area contributed by atoms with Crippen molar-refractivity contribution in [3.05, 3.63) is 0 Å². The molecule has 1 atom stereocenters. The molecule has 0 saturated carbocycles. The average Bonchev–Trinajstić information content (AvgIpc) is 2.01. The summed E-state index contributed by atoms with van der Waals surface area (Å²) >= 11 is 6.04. The topological polar surface area (TPSA) is 21.7 Å². The Kier molecular flexibility index (Phi) is 7.53. The summed E-state index contributed by atoms with van der Waals surface area (Å²) in [6.07, 6.45) is 0. The quantitative estimate of drug-likeness (QED) is 0.633. The van der Waals surface area contributed by atoms with E-state index >= 15 is 0 Å². The number of rotatable bonds is 7. The Morgan fingerprint density at radius 3 is 2.40 bits per heavy atom. The summed E-state index contributed by atoms with van der Waals surface area (Å²) in [6.45, 7) is 9.21. The summed E-state index contributed by atoms with van der Waals surface area (Å²) < 4.78 is 10.6. The molecule has 3 nitrogen and oxygen atoms in total. The lowest BCUT2D eigenvalue weighted by Gasteiger charge is -2.23. The maximum absolute atomic E-state index is 6.04. The van der Waals surface area contributed by atoms with E-state index in [-0.39, 0.29) is 11.0 Å². The normalized spacial score (nSPS) is 14.6. The van der Waals surface area contributed by atoms with Gasteiger partial charge in [-0.2, -0.15) is 0 Å². The first-order valence-corrected chi connectivity index (χ1v) is 5.74. The van der Waals surface area contributed by atoms with Gasteiger partial charge in [-0.25, -0.2) is 0 Å². The zero-order chi connectivity index (χ0) is 11.9. The van der Waals surface area contributed by atoms with Crippen LogP contribution in [0.3, 0.4) is 0 Å². The number of methoxy groups -OCH3 is 1. The fraction of sp³-hybridized carbons (Fsp3) is 1.00. The second-order valence-corrected chi connectivity index (χ2v) is 5.39. The first kappa shape index (κ1) is 15.2. The van der Waals surface area contributed by atoms with Crippen molar-refractivity contribution in [2.24, 2.45) is 0 Å². The van der Waals surface area contributed by atoms with Gasteiger partial charge in [-0.05, 0) is 27.8 Å². The van der Waals surface area contributed by atoms with Crippen LogP contribution < -0.4 is 0 Å². The van der Waals surface area contributed by atoms with E-state index in [4.69, 9.17) is 21.1 Å². The van der Waals surface area contributed by atoms with Crippen LogP contribution in [0.2, 0.25) is 0 Å². The van der Waals surface area contributed by atoms with Gasteiger partial charge in [0.25, 0.3) is 0 Å². The largest absolute Gasteiger partial charge is 0.383 e. The summed E-state index contributed by atoms with van der Waals surface area (Å²) in [7, 11) is 3.70. The molecule has 92 valence electrons. The third-order valence-electron chi connectivity index (χ3n) is 1.87. The second-order valence-electron chi connectivity index (χ2n) is 4.78. The van der Waals surface area contributed by atoms with E-state index < -0.39 is 0 Å². The van der Waals surface area contributed by atoms with Gasteiger partial charge in [-0.15, -0.1) is 11.6 Å². The van der Waals surface area contributed by atoms with Crippen LogP contribution in [0.5, 0.6) is 0 Å². The fourth-order valence-corrected chi connectivity index (χ4v) is 1.53. The van der Waals surface area contributed by atoms with Gasteiger partial charge >= 0.3 is 0 Å². The number of likely N-dealkylation sites (N-methyl/N-ethyl adjacent to an activating group) is 1. The standard InChI is InChI=1S/C11H24ClNO2/c1-11(2,3)15-7-6-13(4)8-10(12)9-14-5/h10H,6-9H2,1-5H3. The van der Waals surface area contributed by atoms with E-state index in [0.717, 1.165) is 19.7 Å². The molecule has 0 N–H and O–H groups in total. The van der Waals surface area contributed by atoms with Crippen LogP contribution in [-0.2, 0) is 9.47 Å². The molecule has 15 heavy (non-hydrogen) atoms. The molecule has 0 aromatic carbocycles. The first-order valence-electron chi connectivity index (χ1n) is 5.30. The molecule has 0 rings (SSSR count). The molecule has 0 heterocycles. The molecule has 0 aliphatic heterocycles. The summed E-state index contributed by atoms with van der Waals surface area (Å²) in [4.78, 5) is 2.16. The van der Waals surface area contributed by atoms with Crippen molar-refractivity contribution in [1.82, 2.24) is 4.90 Å². The highest BCUT2D eigenvalue weighted by Gasteiger charge is 2.11. The summed E-state index contributed by atoms with van der Waals surface area (Å²) in [5.41, 5.74) is -0.0618. The molecule has 0 spiro atoms. The number of ether oxygens (including phenoxy) is 2. The second kappa shape index (κ2) is 7.44. The highest BCUT2D eigenvalue weighted by atomic mass is 35.5. The zero-order valence-electron chi connectivity index (χ0n) is 10.5. The van der Waals surface area contributed by atoms with E-state index in [1.807, 2.05) is 7.05 Å². The molecule has 0 amide bonds. The van der Waals surface area contributed by atoms with Crippen LogP contribution in [0.4, 0.5) is 0 Å². The van der Waals surface area contributed by atoms with Crippen LogP contribution in [0.15, 0.2) is 0 Å². The van der Waals surface area contributed by atoms with E-state index in [9.17, 15) is 0 Å². The van der Waals surface area contributed by atoms with E-state index in [0.29, 0.717) is 6.61 Å². The van der Waals surface area contributed by atoms with Crippen molar-refractivity contribution < 1.29 is 9.47 Å². The molecule has 1 unspecified atom stereocenters. The molecule has 0 bridgehead atoms. The molecule has 0 aliphatic carbocycles. The van der Waals surface area contributed by atoms with Gasteiger partial charge < -0.3 is 14.4 Å². The summed E-state index contributed by atoms with van der Waals surface area (Å²) in [5, 5.41) is 0.0506. The van der Waals surface area contributed by atoms with Crippen LogP contribution >= 0.6 is 11.6 Å². The number of nitrogens with zero attached hydrogens (tertiary/aromatic N) is 1. The average molecular weight is 238 g/mol. The monoisotopic (exact) mass is 237 g/mol. The Bertz CT molecular complexity index is 159. The minimum Gasteiger partial charge on any atom is -0.383 e. The SMILES string of the molecule is COCC(Cl)CN(C)CCOC(C)(C)C. The molecule has 0 aromatic rings. The van der Waals surface area contributed by atoms with Crippen molar-refractivity contribution in [2.45, 2.75) is 31.7 Å². The van der Waals surface area contributed by atoms with E-state index in [2.05, 4.69) is 25.7 Å². The van der Waals surface area contributed by atoms with Crippen molar-refractivity contribution >= 4 is 11.6 Å². The number of halogens is 1. The smallest absolute Gasteiger partial charge is 0.0696 e. The van der Waals surface area contributed by atoms with Crippen molar-refractivity contribution in [3.63, 3.8) is 0 Å². The highest BCUT2D eigenvalue weighted by molar-refractivity contribution is 6.20. The maximum Gasteiger partial charge on any atom is 0.0696 e. The van der Waals surface area contributed by atoms with Crippen LogP contribution in [0, 0.1) is 0 Å². The van der Waals surface area contributed by atoms with Crippen molar-refractivity contribution in [3.8, 4) is 0 Å². The van der Waals surface area contributed by atoms with E-state index in [1.165, 1.54) is 0 Å². The Morgan fingerprint density at radius 2 is 1.93 bits per heavy atom. The molecular weight excluding hydrogens is 214 g/mol. The van der Waals surface area contributed by atoms with Gasteiger partial charge in [0, 0.05) is 20.2 Å². The van der Waals surface area contributed by atoms with Crippen LogP contribution in [0.25, 0.3) is 0 Å². The number of alkyl halides is 1. The van der Waals surface area contributed by atoms with Gasteiger partial charge in [0.1, 0.15) is 0 Å². The third-order valence-corrected chi connectivity index (χ3v) is 2.13. The zero-order valence-corrected chi connectivity index (χ0v) is 11.3. The Hall–Kier alpha value is 0.170. The van der Waals surface area contributed by atoms with Gasteiger partial charge in [-0.1, -0.05) is 0 Å². The number of hydrogen-bond acceptors (Lipinski definition) is 3. The van der Waals surface area contributed by atoms with Crippen LogP contribution in [0.1, 0.15) is 20.8 Å². The molecule has 0 fully saturated rings. The molecule has 0 aromatic heterocycles. The fourth-order valence-electron chi connectivity index (χ4n) is 1.17. The van der Waals surface area contributed by atoms with Crippen LogP contribution in [-0.4, -0.2) is 56.3 Å². The Balaban J connectivity index is 3.53. The van der Waals surface area contributed by atoms with Gasteiger partial charge in [-0.3, -0.25) is 0 Å². The molecular formula is C11H24ClNO2. The van der Waals surface area contributed by atoms with Gasteiger partial charge in [0.15, 0.2) is 0 Å². The molecule has 0 radical (unpaired) electrons. The van der Waals surface area contributed by atoms with Crippen molar-refractivity contribution in [1.29, 1.82) is 0 Å². The molecule has 0 saturated heterocycles. The Morgan fingerprint density at radius 1 is 1.33 bits per heavy atom. The maximum atomic E-state index is 6.04. The van der Waals surface area contributed by atoms with Gasteiger partial charge in [0.05, 0.1) is 24.2 Å². The first-order chi connectivity index (χ1) is 6.85. The number of hydrogen-bond donors (Lipinski definition) is 0. The predicted octanol–water partition coefficient (Wildman–Crippen LogP) is 1.99. The minimum atomic E-state index is -0.0618.